The highest BCUT2D eigenvalue weighted by molar-refractivity contribution is 4.81. The van der Waals surface area contributed by atoms with Crippen LogP contribution in [0.15, 0.2) is 0 Å². The molecule has 3 fully saturated rings. The molecule has 110 valence electrons. The van der Waals surface area contributed by atoms with Gasteiger partial charge in [-0.2, -0.15) is 0 Å². The molecule has 2 saturated carbocycles. The lowest BCUT2D eigenvalue weighted by molar-refractivity contribution is -0.0914. The van der Waals surface area contributed by atoms with Crippen LogP contribution in [0.5, 0.6) is 0 Å². The van der Waals surface area contributed by atoms with Gasteiger partial charge in [0.1, 0.15) is 0 Å². The summed E-state index contributed by atoms with van der Waals surface area (Å²) < 4.78 is 6.21. The summed E-state index contributed by atoms with van der Waals surface area (Å²) in [4.78, 5) is 2.71. The zero-order valence-electron chi connectivity index (χ0n) is 12.7. The molecule has 2 nitrogen and oxygen atoms in total. The molecule has 0 aromatic rings. The molecule has 3 aliphatic rings. The average molecular weight is 265 g/mol. The van der Waals surface area contributed by atoms with Gasteiger partial charge in [-0.3, -0.25) is 0 Å². The van der Waals surface area contributed by atoms with Gasteiger partial charge in [0.05, 0.1) is 12.2 Å². The zero-order chi connectivity index (χ0) is 13.1. The largest absolute Gasteiger partial charge is 0.375 e. The Hall–Kier alpha value is -0.0800. The molecule has 1 aliphatic heterocycles. The van der Waals surface area contributed by atoms with E-state index in [0.29, 0.717) is 12.2 Å². The Labute approximate surface area is 118 Å². The molecular weight excluding hydrogens is 234 g/mol. The van der Waals surface area contributed by atoms with E-state index in [1.54, 1.807) is 0 Å². The molecule has 0 amide bonds. The van der Waals surface area contributed by atoms with Crippen LogP contribution in [0.1, 0.15) is 64.7 Å². The second-order valence-corrected chi connectivity index (χ2v) is 7.34. The third-order valence-corrected chi connectivity index (χ3v) is 5.49. The van der Waals surface area contributed by atoms with E-state index in [2.05, 4.69) is 11.8 Å². The lowest BCUT2D eigenvalue weighted by atomic mass is 9.84. The second kappa shape index (κ2) is 6.58. The molecule has 2 aliphatic carbocycles. The summed E-state index contributed by atoms with van der Waals surface area (Å²) >= 11 is 0. The van der Waals surface area contributed by atoms with Gasteiger partial charge in [-0.1, -0.05) is 26.2 Å². The summed E-state index contributed by atoms with van der Waals surface area (Å²) in [5, 5.41) is 0. The highest BCUT2D eigenvalue weighted by Gasteiger charge is 2.30. The van der Waals surface area contributed by atoms with Gasteiger partial charge in [-0.25, -0.2) is 0 Å². The first kappa shape index (κ1) is 13.9. The van der Waals surface area contributed by atoms with Gasteiger partial charge in [0.2, 0.25) is 0 Å². The lowest BCUT2D eigenvalue weighted by Gasteiger charge is -2.39. The highest BCUT2D eigenvalue weighted by Crippen LogP contribution is 2.32. The molecule has 0 radical (unpaired) electrons. The fraction of sp³-hybridized carbons (Fsp3) is 1.00. The normalized spacial score (nSPS) is 35.2. The summed E-state index contributed by atoms with van der Waals surface area (Å²) in [6.45, 7) is 6.27. The van der Waals surface area contributed by atoms with Crippen molar-refractivity contribution in [3.05, 3.63) is 0 Å². The van der Waals surface area contributed by atoms with Crippen molar-refractivity contribution in [3.63, 3.8) is 0 Å². The predicted molar refractivity (Wildman–Crippen MR) is 79.3 cm³/mol. The van der Waals surface area contributed by atoms with E-state index in [1.165, 1.54) is 77.4 Å². The van der Waals surface area contributed by atoms with Crippen LogP contribution < -0.4 is 0 Å². The van der Waals surface area contributed by atoms with Crippen molar-refractivity contribution < 1.29 is 4.74 Å². The maximum absolute atomic E-state index is 6.21. The molecule has 2 heteroatoms. The molecule has 1 heterocycles. The molecule has 3 rings (SSSR count). The number of hydrogen-bond acceptors (Lipinski definition) is 2. The van der Waals surface area contributed by atoms with Crippen molar-refractivity contribution in [2.24, 2.45) is 11.8 Å². The van der Waals surface area contributed by atoms with Crippen molar-refractivity contribution >= 4 is 0 Å². The SMILES string of the molecule is C[C@H]1C[C@H](OC2CCN(CC3CCCCC3)CC2)C1. The van der Waals surface area contributed by atoms with Crippen LogP contribution >= 0.6 is 0 Å². The van der Waals surface area contributed by atoms with Gasteiger partial charge in [-0.05, 0) is 50.4 Å². The van der Waals surface area contributed by atoms with Crippen LogP contribution in [0, 0.1) is 11.8 Å². The minimum Gasteiger partial charge on any atom is -0.375 e. The summed E-state index contributed by atoms with van der Waals surface area (Å²) in [5.74, 6) is 1.91. The highest BCUT2D eigenvalue weighted by atomic mass is 16.5. The van der Waals surface area contributed by atoms with Crippen molar-refractivity contribution in [1.29, 1.82) is 0 Å². The maximum atomic E-state index is 6.21. The van der Waals surface area contributed by atoms with Crippen LogP contribution in [0.3, 0.4) is 0 Å². The third kappa shape index (κ3) is 3.95. The molecule has 0 spiro atoms. The minimum absolute atomic E-state index is 0.570. The first-order chi connectivity index (χ1) is 9.29. The lowest BCUT2D eigenvalue weighted by Crippen LogP contribution is -2.42. The first-order valence-electron chi connectivity index (χ1n) is 8.67. The topological polar surface area (TPSA) is 12.5 Å². The van der Waals surface area contributed by atoms with Crippen molar-refractivity contribution in [3.8, 4) is 0 Å². The number of ether oxygens (including phenoxy) is 1. The molecule has 0 unspecified atom stereocenters. The van der Waals surface area contributed by atoms with Crippen molar-refractivity contribution in [1.82, 2.24) is 4.90 Å². The quantitative estimate of drug-likeness (QED) is 0.765. The molecule has 0 N–H and O–H groups in total. The van der Waals surface area contributed by atoms with Gasteiger partial charge < -0.3 is 9.64 Å². The van der Waals surface area contributed by atoms with E-state index in [1.807, 2.05) is 0 Å². The van der Waals surface area contributed by atoms with Crippen molar-refractivity contribution in [2.75, 3.05) is 19.6 Å². The standard InChI is InChI=1S/C17H31NO/c1-14-11-17(12-14)19-16-7-9-18(10-8-16)13-15-5-3-2-4-6-15/h14-17H,2-13H2,1H3/t14-,17-. The summed E-state index contributed by atoms with van der Waals surface area (Å²) in [5.41, 5.74) is 0. The Bertz CT molecular complexity index is 260. The first-order valence-corrected chi connectivity index (χ1v) is 8.67. The molecule has 1 saturated heterocycles. The van der Waals surface area contributed by atoms with Crippen LogP contribution in [0.25, 0.3) is 0 Å². The minimum atomic E-state index is 0.570. The molecule has 0 bridgehead atoms. The van der Waals surface area contributed by atoms with E-state index < -0.39 is 0 Å². The average Bonchev–Trinajstić information content (AvgIpc) is 2.40. The van der Waals surface area contributed by atoms with Crippen LogP contribution in [-0.2, 0) is 4.74 Å². The van der Waals surface area contributed by atoms with E-state index in [4.69, 9.17) is 4.74 Å². The summed E-state index contributed by atoms with van der Waals surface area (Å²) in [7, 11) is 0. The molecular formula is C17H31NO. The fourth-order valence-corrected chi connectivity index (χ4v) is 4.17. The van der Waals surface area contributed by atoms with Crippen LogP contribution in [0.2, 0.25) is 0 Å². The smallest absolute Gasteiger partial charge is 0.0603 e. The van der Waals surface area contributed by atoms with Gasteiger partial charge in [-0.15, -0.1) is 0 Å². The summed E-state index contributed by atoms with van der Waals surface area (Å²) in [6.07, 6.45) is 13.7. The monoisotopic (exact) mass is 265 g/mol. The molecule has 19 heavy (non-hydrogen) atoms. The number of hydrogen-bond donors (Lipinski definition) is 0. The predicted octanol–water partition coefficient (Wildman–Crippen LogP) is 3.85. The maximum Gasteiger partial charge on any atom is 0.0603 e. The number of nitrogens with zero attached hydrogens (tertiary/aromatic N) is 1. The molecule has 0 atom stereocenters. The third-order valence-electron chi connectivity index (χ3n) is 5.49. The fourth-order valence-electron chi connectivity index (χ4n) is 4.17. The van der Waals surface area contributed by atoms with E-state index >= 15 is 0 Å². The molecule has 0 aromatic carbocycles. The van der Waals surface area contributed by atoms with Gasteiger partial charge >= 0.3 is 0 Å². The Morgan fingerprint density at radius 3 is 2.21 bits per heavy atom. The van der Waals surface area contributed by atoms with E-state index in [-0.39, 0.29) is 0 Å². The Kier molecular flexibility index (Phi) is 4.81. The Balaban J connectivity index is 1.32. The van der Waals surface area contributed by atoms with Crippen LogP contribution in [-0.4, -0.2) is 36.7 Å². The van der Waals surface area contributed by atoms with Gasteiger partial charge in [0, 0.05) is 19.6 Å². The Morgan fingerprint density at radius 2 is 1.58 bits per heavy atom. The van der Waals surface area contributed by atoms with Crippen molar-refractivity contribution in [2.45, 2.75) is 76.9 Å². The number of likely N-dealkylation sites (tertiary alicyclic amines) is 1. The van der Waals surface area contributed by atoms with E-state index in [9.17, 15) is 0 Å². The Morgan fingerprint density at radius 1 is 0.895 bits per heavy atom. The van der Waals surface area contributed by atoms with Gasteiger partial charge in [0.15, 0.2) is 0 Å². The second-order valence-electron chi connectivity index (χ2n) is 7.34. The van der Waals surface area contributed by atoms with E-state index in [0.717, 1.165) is 11.8 Å². The number of rotatable bonds is 4. The zero-order valence-corrected chi connectivity index (χ0v) is 12.7. The number of piperidine rings is 1. The molecule has 0 aromatic heterocycles. The van der Waals surface area contributed by atoms with Crippen LogP contribution in [0.4, 0.5) is 0 Å². The van der Waals surface area contributed by atoms with Gasteiger partial charge in [0.25, 0.3) is 0 Å². The summed E-state index contributed by atoms with van der Waals surface area (Å²) in [6, 6.07) is 0.